The van der Waals surface area contributed by atoms with Crippen molar-refractivity contribution < 1.29 is 19.0 Å². The lowest BCUT2D eigenvalue weighted by Crippen LogP contribution is -2.42. The van der Waals surface area contributed by atoms with Gasteiger partial charge >= 0.3 is 6.09 Å². The highest BCUT2D eigenvalue weighted by Gasteiger charge is 2.29. The number of rotatable bonds is 22. The van der Waals surface area contributed by atoms with Gasteiger partial charge in [0.2, 0.25) is 0 Å². The molecule has 0 radical (unpaired) electrons. The molecule has 1 N–H and O–H groups in total. The molecule has 1 saturated heterocycles. The minimum atomic E-state index is -0.329. The lowest BCUT2D eigenvalue weighted by atomic mass is 10.0. The molecule has 1 aliphatic heterocycles. The van der Waals surface area contributed by atoms with Crippen molar-refractivity contribution in [2.24, 2.45) is 0 Å². The SMILES string of the molecule is CCCCCCCCCCCCCCCCCCNC(=O)O[C@H]1CCCO[C@H]1COCc1ccccc1. The van der Waals surface area contributed by atoms with Crippen LogP contribution in [0.15, 0.2) is 30.3 Å². The predicted octanol–water partition coefficient (Wildman–Crippen LogP) is 8.74. The van der Waals surface area contributed by atoms with E-state index < -0.39 is 0 Å². The maximum atomic E-state index is 12.3. The summed E-state index contributed by atoms with van der Waals surface area (Å²) in [5.74, 6) is 0. The molecule has 0 saturated carbocycles. The summed E-state index contributed by atoms with van der Waals surface area (Å²) < 4.78 is 17.4. The molecule has 1 aromatic rings. The Bertz CT molecular complexity index is 653. The molecule has 1 aromatic carbocycles. The van der Waals surface area contributed by atoms with Gasteiger partial charge in [-0.15, -0.1) is 0 Å². The Morgan fingerprint density at radius 3 is 2.00 bits per heavy atom. The highest BCUT2D eigenvalue weighted by molar-refractivity contribution is 5.67. The van der Waals surface area contributed by atoms with Crippen LogP contribution in [0.2, 0.25) is 0 Å². The van der Waals surface area contributed by atoms with Gasteiger partial charge in [-0.3, -0.25) is 0 Å². The highest BCUT2D eigenvalue weighted by atomic mass is 16.6. The van der Waals surface area contributed by atoms with E-state index in [1.54, 1.807) is 0 Å². The standard InChI is InChI=1S/C32H55NO4/c1-2-3-4-5-6-7-8-9-10-11-12-13-14-15-16-20-25-33-32(34)37-30-24-21-26-36-31(30)28-35-27-29-22-18-17-19-23-29/h17-19,22-23,30-31H,2-16,20-21,24-28H2,1H3,(H,33,34)/t30-,31-/m0/s1. The summed E-state index contributed by atoms with van der Waals surface area (Å²) in [7, 11) is 0. The molecule has 1 amide bonds. The van der Waals surface area contributed by atoms with Gasteiger partial charge in [-0.2, -0.15) is 0 Å². The molecule has 0 unspecified atom stereocenters. The smallest absolute Gasteiger partial charge is 0.407 e. The minimum absolute atomic E-state index is 0.196. The quantitative estimate of drug-likeness (QED) is 0.156. The van der Waals surface area contributed by atoms with Crippen LogP contribution in [-0.2, 0) is 20.8 Å². The molecule has 2 rings (SSSR count). The van der Waals surface area contributed by atoms with Crippen LogP contribution in [0.3, 0.4) is 0 Å². The second-order valence-corrected chi connectivity index (χ2v) is 10.7. The fraction of sp³-hybridized carbons (Fsp3) is 0.781. The summed E-state index contributed by atoms with van der Waals surface area (Å²) >= 11 is 0. The summed E-state index contributed by atoms with van der Waals surface area (Å²) in [5.41, 5.74) is 1.13. The third-order valence-electron chi connectivity index (χ3n) is 7.33. The summed E-state index contributed by atoms with van der Waals surface area (Å²) in [6.45, 7) is 4.63. The molecule has 0 spiro atoms. The fourth-order valence-corrected chi connectivity index (χ4v) is 5.01. The van der Waals surface area contributed by atoms with Crippen LogP contribution in [0.25, 0.3) is 0 Å². The van der Waals surface area contributed by atoms with E-state index in [0.717, 1.165) is 24.8 Å². The zero-order valence-corrected chi connectivity index (χ0v) is 23.7. The molecule has 5 nitrogen and oxygen atoms in total. The molecule has 0 aromatic heterocycles. The van der Waals surface area contributed by atoms with Crippen molar-refractivity contribution >= 4 is 6.09 Å². The van der Waals surface area contributed by atoms with Gasteiger partial charge in [0.25, 0.3) is 0 Å². The van der Waals surface area contributed by atoms with Crippen molar-refractivity contribution in [1.29, 1.82) is 0 Å². The Morgan fingerprint density at radius 2 is 1.41 bits per heavy atom. The second-order valence-electron chi connectivity index (χ2n) is 10.7. The minimum Gasteiger partial charge on any atom is -0.443 e. The Kier molecular flexibility index (Phi) is 19.1. The zero-order valence-electron chi connectivity index (χ0n) is 23.7. The van der Waals surface area contributed by atoms with E-state index in [-0.39, 0.29) is 18.3 Å². The Hall–Kier alpha value is -1.59. The molecule has 1 aliphatic rings. The van der Waals surface area contributed by atoms with Crippen LogP contribution in [0.5, 0.6) is 0 Å². The van der Waals surface area contributed by atoms with E-state index in [9.17, 15) is 4.79 Å². The van der Waals surface area contributed by atoms with E-state index in [4.69, 9.17) is 14.2 Å². The first kappa shape index (κ1) is 31.6. The summed E-state index contributed by atoms with van der Waals surface area (Å²) in [4.78, 5) is 12.3. The average Bonchev–Trinajstić information content (AvgIpc) is 2.92. The van der Waals surface area contributed by atoms with Gasteiger partial charge in [-0.25, -0.2) is 4.79 Å². The zero-order chi connectivity index (χ0) is 26.2. The van der Waals surface area contributed by atoms with Crippen LogP contribution in [0.1, 0.15) is 128 Å². The number of amides is 1. The maximum Gasteiger partial charge on any atom is 0.407 e. The number of carbonyl (C=O) groups excluding carboxylic acids is 1. The van der Waals surface area contributed by atoms with Gasteiger partial charge in [0, 0.05) is 13.2 Å². The van der Waals surface area contributed by atoms with Gasteiger partial charge in [-0.05, 0) is 24.8 Å². The van der Waals surface area contributed by atoms with Crippen molar-refractivity contribution in [1.82, 2.24) is 5.32 Å². The number of benzene rings is 1. The average molecular weight is 518 g/mol. The van der Waals surface area contributed by atoms with Crippen molar-refractivity contribution in [2.45, 2.75) is 141 Å². The molecule has 37 heavy (non-hydrogen) atoms. The van der Waals surface area contributed by atoms with E-state index in [1.807, 2.05) is 30.3 Å². The summed E-state index contributed by atoms with van der Waals surface area (Å²) in [6.07, 6.45) is 22.6. The molecule has 0 bridgehead atoms. The first-order chi connectivity index (χ1) is 18.3. The van der Waals surface area contributed by atoms with Crippen molar-refractivity contribution in [2.75, 3.05) is 19.8 Å². The van der Waals surface area contributed by atoms with Crippen LogP contribution in [0.4, 0.5) is 4.79 Å². The predicted molar refractivity (Wildman–Crippen MR) is 153 cm³/mol. The lowest BCUT2D eigenvalue weighted by Gasteiger charge is -2.31. The van der Waals surface area contributed by atoms with Gasteiger partial charge in [0.05, 0.1) is 13.2 Å². The van der Waals surface area contributed by atoms with Crippen molar-refractivity contribution in [3.8, 4) is 0 Å². The van der Waals surface area contributed by atoms with E-state index in [0.29, 0.717) is 26.4 Å². The summed E-state index contributed by atoms with van der Waals surface area (Å²) in [5, 5.41) is 2.92. The molecular weight excluding hydrogens is 462 g/mol. The number of nitrogens with one attached hydrogen (secondary N) is 1. The second kappa shape index (κ2) is 22.4. The Balaban J connectivity index is 1.38. The van der Waals surface area contributed by atoms with Crippen LogP contribution in [0, 0.1) is 0 Å². The van der Waals surface area contributed by atoms with Gasteiger partial charge in [0.1, 0.15) is 12.2 Å². The van der Waals surface area contributed by atoms with E-state index in [2.05, 4.69) is 12.2 Å². The molecule has 0 aliphatic carbocycles. The van der Waals surface area contributed by atoms with Crippen LogP contribution in [-0.4, -0.2) is 38.1 Å². The van der Waals surface area contributed by atoms with Crippen molar-refractivity contribution in [3.63, 3.8) is 0 Å². The number of alkyl carbamates (subject to hydrolysis) is 1. The maximum absolute atomic E-state index is 12.3. The van der Waals surface area contributed by atoms with Gasteiger partial charge < -0.3 is 19.5 Å². The molecular formula is C32H55NO4. The third-order valence-corrected chi connectivity index (χ3v) is 7.33. The lowest BCUT2D eigenvalue weighted by molar-refractivity contribution is -0.111. The number of carbonyl (C=O) groups is 1. The number of ether oxygens (including phenoxy) is 3. The molecule has 5 heteroatoms. The Labute approximate surface area is 227 Å². The monoisotopic (exact) mass is 517 g/mol. The third kappa shape index (κ3) is 16.8. The Morgan fingerprint density at radius 1 is 0.838 bits per heavy atom. The summed E-state index contributed by atoms with van der Waals surface area (Å²) in [6, 6.07) is 10.1. The normalized spacial score (nSPS) is 17.5. The molecule has 1 heterocycles. The molecule has 2 atom stereocenters. The first-order valence-corrected chi connectivity index (χ1v) is 15.5. The molecule has 1 fully saturated rings. The van der Waals surface area contributed by atoms with Crippen LogP contribution < -0.4 is 5.32 Å². The number of hydrogen-bond acceptors (Lipinski definition) is 4. The largest absolute Gasteiger partial charge is 0.443 e. The van der Waals surface area contributed by atoms with Gasteiger partial charge in [-0.1, -0.05) is 134 Å². The van der Waals surface area contributed by atoms with Gasteiger partial charge in [0.15, 0.2) is 0 Å². The van der Waals surface area contributed by atoms with E-state index in [1.165, 1.54) is 96.3 Å². The van der Waals surface area contributed by atoms with E-state index >= 15 is 0 Å². The number of hydrogen-bond donors (Lipinski definition) is 1. The molecule has 212 valence electrons. The first-order valence-electron chi connectivity index (χ1n) is 15.5. The topological polar surface area (TPSA) is 56.8 Å². The van der Waals surface area contributed by atoms with Crippen molar-refractivity contribution in [3.05, 3.63) is 35.9 Å². The fourth-order valence-electron chi connectivity index (χ4n) is 5.01. The van der Waals surface area contributed by atoms with Crippen LogP contribution >= 0.6 is 0 Å². The number of unbranched alkanes of at least 4 members (excludes halogenated alkanes) is 15. The highest BCUT2D eigenvalue weighted by Crippen LogP contribution is 2.19.